The first-order valence-electron chi connectivity index (χ1n) is 5.95. The summed E-state index contributed by atoms with van der Waals surface area (Å²) in [5, 5.41) is 0.338. The predicted octanol–water partition coefficient (Wildman–Crippen LogP) is 2.95. The maximum atomic E-state index is 11.9. The number of ether oxygens (including phenoxy) is 1. The molecule has 94 valence electrons. The average molecular weight is 245 g/mol. The van der Waals surface area contributed by atoms with Gasteiger partial charge in [0, 0.05) is 18.3 Å². The highest BCUT2D eigenvalue weighted by molar-refractivity contribution is 7.80. The third-order valence-corrected chi connectivity index (χ3v) is 3.21. The van der Waals surface area contributed by atoms with Crippen LogP contribution in [0.2, 0.25) is 0 Å². The third kappa shape index (κ3) is 4.24. The molecule has 0 spiro atoms. The summed E-state index contributed by atoms with van der Waals surface area (Å²) in [5.41, 5.74) is -0.406. The number of nitrogens with zero attached hydrogens (tertiary/aromatic N) is 1. The molecule has 0 unspecified atom stereocenters. The fraction of sp³-hybridized carbons (Fsp3) is 0.917. The third-order valence-electron chi connectivity index (χ3n) is 2.79. The highest BCUT2D eigenvalue weighted by Gasteiger charge is 2.28. The molecule has 0 radical (unpaired) electrons. The lowest BCUT2D eigenvalue weighted by Gasteiger charge is -2.35. The first-order chi connectivity index (χ1) is 7.29. The Hall–Kier alpha value is -0.380. The fourth-order valence-electron chi connectivity index (χ4n) is 1.90. The van der Waals surface area contributed by atoms with Crippen LogP contribution in [0.15, 0.2) is 0 Å². The lowest BCUT2D eigenvalue weighted by atomic mass is 9.95. The Labute approximate surface area is 104 Å². The fourth-order valence-corrected chi connectivity index (χ4v) is 2.14. The van der Waals surface area contributed by atoms with E-state index in [4.69, 9.17) is 4.74 Å². The zero-order valence-electron chi connectivity index (χ0n) is 10.7. The Morgan fingerprint density at radius 3 is 2.62 bits per heavy atom. The molecule has 1 fully saturated rings. The van der Waals surface area contributed by atoms with Crippen molar-refractivity contribution in [3.63, 3.8) is 0 Å². The Kier molecular flexibility index (Phi) is 4.53. The van der Waals surface area contributed by atoms with E-state index in [0.717, 1.165) is 25.9 Å². The normalized spacial score (nSPS) is 24.1. The van der Waals surface area contributed by atoms with Crippen LogP contribution in [0.3, 0.4) is 0 Å². The summed E-state index contributed by atoms with van der Waals surface area (Å²) in [5.74, 6) is 0.490. The van der Waals surface area contributed by atoms with Crippen molar-refractivity contribution in [1.29, 1.82) is 0 Å². The number of piperidine rings is 1. The number of rotatable bonds is 1. The first-order valence-corrected chi connectivity index (χ1v) is 6.47. The van der Waals surface area contributed by atoms with Crippen molar-refractivity contribution in [2.75, 3.05) is 13.1 Å². The van der Waals surface area contributed by atoms with Crippen LogP contribution in [0.4, 0.5) is 4.79 Å². The van der Waals surface area contributed by atoms with Crippen LogP contribution in [0.25, 0.3) is 0 Å². The van der Waals surface area contributed by atoms with Crippen LogP contribution < -0.4 is 0 Å². The largest absolute Gasteiger partial charge is 0.444 e. The Bertz CT molecular complexity index is 248. The molecule has 1 rings (SSSR count). The number of likely N-dealkylation sites (tertiary alicyclic amines) is 1. The van der Waals surface area contributed by atoms with Gasteiger partial charge >= 0.3 is 6.09 Å². The van der Waals surface area contributed by atoms with Crippen molar-refractivity contribution in [2.45, 2.75) is 51.4 Å². The zero-order valence-corrected chi connectivity index (χ0v) is 11.6. The van der Waals surface area contributed by atoms with Crippen LogP contribution in [-0.2, 0) is 4.74 Å². The summed E-state index contributed by atoms with van der Waals surface area (Å²) in [6, 6.07) is 0. The molecule has 0 aromatic heterocycles. The molecular formula is C12H23NO2S. The van der Waals surface area contributed by atoms with Gasteiger partial charge in [-0.15, -0.1) is 0 Å². The molecular weight excluding hydrogens is 222 g/mol. The van der Waals surface area contributed by atoms with E-state index >= 15 is 0 Å². The minimum absolute atomic E-state index is 0.189. The summed E-state index contributed by atoms with van der Waals surface area (Å²) in [4.78, 5) is 13.7. The van der Waals surface area contributed by atoms with E-state index in [1.54, 1.807) is 0 Å². The molecule has 1 aliphatic heterocycles. The van der Waals surface area contributed by atoms with E-state index in [1.807, 2.05) is 25.7 Å². The van der Waals surface area contributed by atoms with Gasteiger partial charge in [0.1, 0.15) is 5.60 Å². The van der Waals surface area contributed by atoms with Crippen molar-refractivity contribution in [1.82, 2.24) is 4.90 Å². The molecule has 0 aromatic rings. The Morgan fingerprint density at radius 2 is 2.12 bits per heavy atom. The number of carbonyl (C=O) groups excluding carboxylic acids is 1. The smallest absolute Gasteiger partial charge is 0.410 e. The molecule has 0 N–H and O–H groups in total. The highest BCUT2D eigenvalue weighted by Crippen LogP contribution is 2.23. The molecule has 0 aromatic carbocycles. The summed E-state index contributed by atoms with van der Waals surface area (Å²) >= 11 is 4.46. The van der Waals surface area contributed by atoms with Crippen LogP contribution in [0.1, 0.15) is 40.5 Å². The Balaban J connectivity index is 2.50. The standard InChI is InChI=1S/C12H23NO2S/c1-9(16)10-6-5-7-13(8-10)11(14)15-12(2,3)4/h9-10,16H,5-8H2,1-4H3/t9-,10-/m0/s1. The molecule has 4 heteroatoms. The number of hydrogen-bond donors (Lipinski definition) is 1. The van der Waals surface area contributed by atoms with Gasteiger partial charge in [0.15, 0.2) is 0 Å². The van der Waals surface area contributed by atoms with Gasteiger partial charge in [-0.1, -0.05) is 6.92 Å². The van der Waals surface area contributed by atoms with Gasteiger partial charge in [0.25, 0.3) is 0 Å². The quantitative estimate of drug-likeness (QED) is 0.720. The number of hydrogen-bond acceptors (Lipinski definition) is 3. The number of amides is 1. The topological polar surface area (TPSA) is 29.5 Å². The molecule has 0 aliphatic carbocycles. The van der Waals surface area contributed by atoms with Crippen molar-refractivity contribution in [3.05, 3.63) is 0 Å². The number of thiol groups is 1. The second kappa shape index (κ2) is 5.30. The van der Waals surface area contributed by atoms with Crippen molar-refractivity contribution < 1.29 is 9.53 Å². The average Bonchev–Trinajstić information content (AvgIpc) is 2.15. The van der Waals surface area contributed by atoms with Crippen molar-refractivity contribution >= 4 is 18.7 Å². The van der Waals surface area contributed by atoms with Gasteiger partial charge in [0.2, 0.25) is 0 Å². The number of carbonyl (C=O) groups is 1. The molecule has 2 atom stereocenters. The molecule has 1 saturated heterocycles. The molecule has 0 bridgehead atoms. The molecule has 1 heterocycles. The predicted molar refractivity (Wildman–Crippen MR) is 69.0 cm³/mol. The van der Waals surface area contributed by atoms with Gasteiger partial charge in [-0.05, 0) is 39.5 Å². The van der Waals surface area contributed by atoms with Gasteiger partial charge in [-0.2, -0.15) is 12.6 Å². The summed E-state index contributed by atoms with van der Waals surface area (Å²) < 4.78 is 5.37. The minimum atomic E-state index is -0.406. The summed E-state index contributed by atoms with van der Waals surface area (Å²) in [7, 11) is 0. The van der Waals surface area contributed by atoms with Crippen LogP contribution in [-0.4, -0.2) is 34.9 Å². The Morgan fingerprint density at radius 1 is 1.50 bits per heavy atom. The summed E-state index contributed by atoms with van der Waals surface area (Å²) in [6.45, 7) is 9.37. The van der Waals surface area contributed by atoms with E-state index < -0.39 is 5.60 Å². The second-order valence-corrected chi connectivity index (χ2v) is 6.38. The van der Waals surface area contributed by atoms with E-state index in [2.05, 4.69) is 19.6 Å². The molecule has 3 nitrogen and oxygen atoms in total. The monoisotopic (exact) mass is 245 g/mol. The van der Waals surface area contributed by atoms with Crippen molar-refractivity contribution in [3.8, 4) is 0 Å². The van der Waals surface area contributed by atoms with Gasteiger partial charge < -0.3 is 9.64 Å². The van der Waals surface area contributed by atoms with E-state index in [1.165, 1.54) is 0 Å². The molecule has 1 aliphatic rings. The van der Waals surface area contributed by atoms with Gasteiger partial charge in [-0.25, -0.2) is 4.79 Å². The maximum Gasteiger partial charge on any atom is 0.410 e. The second-order valence-electron chi connectivity index (χ2n) is 5.57. The van der Waals surface area contributed by atoms with Crippen LogP contribution in [0, 0.1) is 5.92 Å². The minimum Gasteiger partial charge on any atom is -0.444 e. The molecule has 16 heavy (non-hydrogen) atoms. The highest BCUT2D eigenvalue weighted by atomic mass is 32.1. The first kappa shape index (κ1) is 13.7. The zero-order chi connectivity index (χ0) is 12.3. The van der Waals surface area contributed by atoms with Crippen molar-refractivity contribution in [2.24, 2.45) is 5.92 Å². The lowest BCUT2D eigenvalue weighted by molar-refractivity contribution is 0.0167. The van der Waals surface area contributed by atoms with E-state index in [0.29, 0.717) is 11.2 Å². The summed E-state index contributed by atoms with van der Waals surface area (Å²) in [6.07, 6.45) is 2.02. The van der Waals surface area contributed by atoms with Gasteiger partial charge in [-0.3, -0.25) is 0 Å². The van der Waals surface area contributed by atoms with Crippen LogP contribution >= 0.6 is 12.6 Å². The lowest BCUT2D eigenvalue weighted by Crippen LogP contribution is -2.44. The van der Waals surface area contributed by atoms with E-state index in [9.17, 15) is 4.79 Å². The maximum absolute atomic E-state index is 11.9. The SMILES string of the molecule is C[C@H](S)[C@H]1CCCN(C(=O)OC(C)(C)C)C1. The van der Waals surface area contributed by atoms with E-state index in [-0.39, 0.29) is 6.09 Å². The van der Waals surface area contributed by atoms with Crippen LogP contribution in [0.5, 0.6) is 0 Å². The molecule has 0 saturated carbocycles. The molecule has 1 amide bonds. The van der Waals surface area contributed by atoms with Gasteiger partial charge in [0.05, 0.1) is 0 Å².